The van der Waals surface area contributed by atoms with Gasteiger partial charge in [0.25, 0.3) is 0 Å². The number of ether oxygens (including phenoxy) is 1. The molecule has 2 aromatic rings. The first-order valence-corrected chi connectivity index (χ1v) is 7.24. The van der Waals surface area contributed by atoms with Crippen LogP contribution in [0.25, 0.3) is 11.0 Å². The van der Waals surface area contributed by atoms with E-state index in [9.17, 15) is 8.42 Å². The minimum atomic E-state index is -3.44. The van der Waals surface area contributed by atoms with Gasteiger partial charge in [-0.1, -0.05) is 0 Å². The lowest BCUT2D eigenvalue weighted by molar-refractivity contribution is 0.163. The zero-order chi connectivity index (χ0) is 13.2. The van der Waals surface area contributed by atoms with Gasteiger partial charge in [-0.05, 0) is 25.1 Å². The first-order valence-electron chi connectivity index (χ1n) is 5.58. The summed E-state index contributed by atoms with van der Waals surface area (Å²) < 4.78 is 29.0. The molecule has 1 heterocycles. The number of anilines is 1. The number of nitrogens with two attached hydrogens (primary N) is 1. The molecule has 2 rings (SSSR count). The van der Waals surface area contributed by atoms with Crippen molar-refractivity contribution < 1.29 is 13.2 Å². The molecular formula is C11H15N3O3S. The van der Waals surface area contributed by atoms with E-state index in [2.05, 4.69) is 9.97 Å². The molecule has 6 nitrogen and oxygen atoms in total. The summed E-state index contributed by atoms with van der Waals surface area (Å²) in [6.07, 6.45) is 0. The Morgan fingerprint density at radius 2 is 2.22 bits per heavy atom. The van der Waals surface area contributed by atoms with Crippen molar-refractivity contribution in [3.63, 3.8) is 0 Å². The highest BCUT2D eigenvalue weighted by molar-refractivity contribution is 7.91. The van der Waals surface area contributed by atoms with Crippen LogP contribution in [0.15, 0.2) is 23.4 Å². The summed E-state index contributed by atoms with van der Waals surface area (Å²) in [4.78, 5) is 6.82. The highest BCUT2D eigenvalue weighted by Gasteiger charge is 2.18. The molecule has 7 heteroatoms. The lowest BCUT2D eigenvalue weighted by Gasteiger charge is -2.00. The SMILES string of the molecule is CCOCCS(=O)(=O)c1nc2ccc(N)cc2[nH]1. The molecule has 0 bridgehead atoms. The number of fused-ring (bicyclic) bond motifs is 1. The minimum Gasteiger partial charge on any atom is -0.399 e. The third-order valence-corrected chi connectivity index (χ3v) is 3.97. The summed E-state index contributed by atoms with van der Waals surface area (Å²) in [5, 5.41) is -0.0391. The van der Waals surface area contributed by atoms with Gasteiger partial charge in [-0.2, -0.15) is 0 Å². The van der Waals surface area contributed by atoms with Gasteiger partial charge in [-0.15, -0.1) is 0 Å². The summed E-state index contributed by atoms with van der Waals surface area (Å²) in [5.41, 5.74) is 7.38. The molecule has 1 aromatic carbocycles. The van der Waals surface area contributed by atoms with Gasteiger partial charge in [0.1, 0.15) is 0 Å². The Hall–Kier alpha value is -1.60. The fourth-order valence-electron chi connectivity index (χ4n) is 1.56. The number of benzene rings is 1. The number of imidazole rings is 1. The van der Waals surface area contributed by atoms with Crippen LogP contribution in [0.1, 0.15) is 6.92 Å². The van der Waals surface area contributed by atoms with Gasteiger partial charge in [-0.3, -0.25) is 0 Å². The second-order valence-corrected chi connectivity index (χ2v) is 5.86. The normalized spacial score (nSPS) is 12.1. The zero-order valence-corrected chi connectivity index (χ0v) is 10.8. The molecule has 3 N–H and O–H groups in total. The molecular weight excluding hydrogens is 254 g/mol. The number of aromatic amines is 1. The number of rotatable bonds is 5. The first-order chi connectivity index (χ1) is 8.53. The molecule has 0 aliphatic carbocycles. The number of nitrogen functional groups attached to an aromatic ring is 1. The van der Waals surface area contributed by atoms with E-state index in [1.807, 2.05) is 6.92 Å². The van der Waals surface area contributed by atoms with Crippen LogP contribution in [0, 0.1) is 0 Å². The summed E-state index contributed by atoms with van der Waals surface area (Å²) in [6, 6.07) is 5.02. The van der Waals surface area contributed by atoms with Gasteiger partial charge < -0.3 is 15.5 Å². The third kappa shape index (κ3) is 2.62. The second kappa shape index (κ2) is 4.95. The van der Waals surface area contributed by atoms with Crippen LogP contribution in [-0.2, 0) is 14.6 Å². The van der Waals surface area contributed by atoms with Gasteiger partial charge in [0.15, 0.2) is 0 Å². The van der Waals surface area contributed by atoms with E-state index in [-0.39, 0.29) is 17.5 Å². The molecule has 0 aliphatic heterocycles. The molecule has 0 unspecified atom stereocenters. The number of hydrogen-bond acceptors (Lipinski definition) is 5. The van der Waals surface area contributed by atoms with E-state index < -0.39 is 9.84 Å². The van der Waals surface area contributed by atoms with Crippen molar-refractivity contribution in [1.82, 2.24) is 9.97 Å². The molecule has 0 aliphatic rings. The smallest absolute Gasteiger partial charge is 0.226 e. The average molecular weight is 269 g/mol. The Bertz CT molecular complexity index is 649. The van der Waals surface area contributed by atoms with E-state index in [4.69, 9.17) is 10.5 Å². The second-order valence-electron chi connectivity index (χ2n) is 3.83. The number of nitrogens with zero attached hydrogens (tertiary/aromatic N) is 1. The molecule has 1 aromatic heterocycles. The molecule has 0 saturated carbocycles. The van der Waals surface area contributed by atoms with Gasteiger partial charge >= 0.3 is 0 Å². The first kappa shape index (κ1) is 12.8. The van der Waals surface area contributed by atoms with Crippen LogP contribution in [-0.4, -0.2) is 37.4 Å². The van der Waals surface area contributed by atoms with E-state index in [0.29, 0.717) is 23.3 Å². The summed E-state index contributed by atoms with van der Waals surface area (Å²) in [7, 11) is -3.44. The maximum absolute atomic E-state index is 12.0. The number of H-pyrrole nitrogens is 1. The van der Waals surface area contributed by atoms with E-state index in [1.165, 1.54) is 0 Å². The van der Waals surface area contributed by atoms with Crippen LogP contribution >= 0.6 is 0 Å². The fraction of sp³-hybridized carbons (Fsp3) is 0.364. The molecule has 98 valence electrons. The Morgan fingerprint density at radius 3 is 2.94 bits per heavy atom. The highest BCUT2D eigenvalue weighted by atomic mass is 32.2. The van der Waals surface area contributed by atoms with Crippen LogP contribution in [0.3, 0.4) is 0 Å². The van der Waals surface area contributed by atoms with Crippen molar-refractivity contribution >= 4 is 26.6 Å². The van der Waals surface area contributed by atoms with Gasteiger partial charge in [-0.25, -0.2) is 13.4 Å². The van der Waals surface area contributed by atoms with Gasteiger partial charge in [0.2, 0.25) is 15.0 Å². The lowest BCUT2D eigenvalue weighted by Crippen LogP contribution is -2.13. The van der Waals surface area contributed by atoms with Crippen molar-refractivity contribution in [2.24, 2.45) is 0 Å². The molecule has 0 amide bonds. The van der Waals surface area contributed by atoms with Crippen LogP contribution in [0.5, 0.6) is 0 Å². The molecule has 0 atom stereocenters. The zero-order valence-electron chi connectivity index (χ0n) is 10.0. The Kier molecular flexibility index (Phi) is 3.53. The topological polar surface area (TPSA) is 98.1 Å². The van der Waals surface area contributed by atoms with Crippen LogP contribution < -0.4 is 5.73 Å². The van der Waals surface area contributed by atoms with Crippen molar-refractivity contribution in [2.75, 3.05) is 24.7 Å². The predicted octanol–water partition coefficient (Wildman–Crippen LogP) is 0.955. The monoisotopic (exact) mass is 269 g/mol. The quantitative estimate of drug-likeness (QED) is 0.622. The number of sulfone groups is 1. The molecule has 0 spiro atoms. The number of hydrogen-bond donors (Lipinski definition) is 2. The molecule has 18 heavy (non-hydrogen) atoms. The van der Waals surface area contributed by atoms with Gasteiger partial charge in [0, 0.05) is 12.3 Å². The Morgan fingerprint density at radius 1 is 1.44 bits per heavy atom. The summed E-state index contributed by atoms with van der Waals surface area (Å²) in [5.74, 6) is -0.0872. The van der Waals surface area contributed by atoms with Crippen molar-refractivity contribution in [1.29, 1.82) is 0 Å². The molecule has 0 fully saturated rings. The fourth-order valence-corrected chi connectivity index (χ4v) is 2.59. The van der Waals surface area contributed by atoms with Gasteiger partial charge in [0.05, 0.1) is 23.4 Å². The Balaban J connectivity index is 2.30. The van der Waals surface area contributed by atoms with Crippen LogP contribution in [0.2, 0.25) is 0 Å². The van der Waals surface area contributed by atoms with E-state index in [0.717, 1.165) is 0 Å². The number of aromatic nitrogens is 2. The summed E-state index contributed by atoms with van der Waals surface area (Å²) >= 11 is 0. The van der Waals surface area contributed by atoms with Crippen LogP contribution in [0.4, 0.5) is 5.69 Å². The lowest BCUT2D eigenvalue weighted by atomic mass is 10.3. The van der Waals surface area contributed by atoms with Crippen molar-refractivity contribution in [3.05, 3.63) is 18.2 Å². The third-order valence-electron chi connectivity index (χ3n) is 2.48. The predicted molar refractivity (Wildman–Crippen MR) is 69.1 cm³/mol. The number of nitrogens with one attached hydrogen (secondary N) is 1. The maximum Gasteiger partial charge on any atom is 0.226 e. The minimum absolute atomic E-state index is 0.0391. The largest absolute Gasteiger partial charge is 0.399 e. The van der Waals surface area contributed by atoms with Crippen molar-refractivity contribution in [2.45, 2.75) is 12.1 Å². The molecule has 0 saturated heterocycles. The van der Waals surface area contributed by atoms with E-state index in [1.54, 1.807) is 18.2 Å². The maximum atomic E-state index is 12.0. The summed E-state index contributed by atoms with van der Waals surface area (Å²) in [6.45, 7) is 2.47. The Labute approximate surface area is 105 Å². The van der Waals surface area contributed by atoms with Crippen molar-refractivity contribution in [3.8, 4) is 0 Å². The standard InChI is InChI=1S/C11H15N3O3S/c1-2-17-5-6-18(15,16)11-13-9-4-3-8(12)7-10(9)14-11/h3-4,7H,2,5-6,12H2,1H3,(H,13,14). The highest BCUT2D eigenvalue weighted by Crippen LogP contribution is 2.17. The molecule has 0 radical (unpaired) electrons. The van der Waals surface area contributed by atoms with E-state index >= 15 is 0 Å². The average Bonchev–Trinajstić information content (AvgIpc) is 2.72.